The number of nitrogens with zero attached hydrogens (tertiary/aromatic N) is 3. The standard InChI is InChI=1S/C17H20Cl2N4O/c1-10-7-11(18)13(8-14(10)24-6)23(17(2,3)4)16-21-9-12(19)15(20-5)22-16/h1,7-9H,2-6H3,(H,20,21,22). The average Bonchev–Trinajstić information content (AvgIpc) is 2.50. The normalized spacial score (nSPS) is 11.3. The van der Waals surface area contributed by atoms with Crippen LogP contribution in [0.3, 0.4) is 0 Å². The van der Waals surface area contributed by atoms with Crippen molar-refractivity contribution in [3.05, 3.63) is 40.9 Å². The van der Waals surface area contributed by atoms with Gasteiger partial charge in [0.25, 0.3) is 0 Å². The fourth-order valence-corrected chi connectivity index (χ4v) is 2.76. The van der Waals surface area contributed by atoms with Crippen molar-refractivity contribution in [2.75, 3.05) is 24.4 Å². The molecule has 0 aliphatic carbocycles. The van der Waals surface area contributed by atoms with Crippen LogP contribution in [0, 0.1) is 6.92 Å². The van der Waals surface area contributed by atoms with Gasteiger partial charge in [-0.05, 0) is 26.8 Å². The highest BCUT2D eigenvalue weighted by atomic mass is 35.5. The molecule has 2 radical (unpaired) electrons. The highest BCUT2D eigenvalue weighted by molar-refractivity contribution is 6.33. The van der Waals surface area contributed by atoms with Crippen LogP contribution < -0.4 is 15.0 Å². The van der Waals surface area contributed by atoms with E-state index >= 15 is 0 Å². The Hall–Kier alpha value is -1.72. The van der Waals surface area contributed by atoms with Gasteiger partial charge in [0.05, 0.1) is 24.0 Å². The molecular weight excluding hydrogens is 347 g/mol. The molecule has 0 spiro atoms. The van der Waals surface area contributed by atoms with Crippen LogP contribution in [-0.2, 0) is 0 Å². The molecule has 0 aliphatic heterocycles. The first-order valence-corrected chi connectivity index (χ1v) is 8.08. The van der Waals surface area contributed by atoms with Gasteiger partial charge in [0, 0.05) is 31.1 Å². The first-order valence-electron chi connectivity index (χ1n) is 7.32. The summed E-state index contributed by atoms with van der Waals surface area (Å²) >= 11 is 12.5. The Bertz CT molecular complexity index is 744. The van der Waals surface area contributed by atoms with Crippen molar-refractivity contribution in [2.24, 2.45) is 0 Å². The van der Waals surface area contributed by atoms with E-state index in [-0.39, 0.29) is 5.54 Å². The Morgan fingerprint density at radius 1 is 1.21 bits per heavy atom. The largest absolute Gasteiger partial charge is 0.496 e. The van der Waals surface area contributed by atoms with Crippen molar-refractivity contribution >= 4 is 40.7 Å². The molecule has 2 aromatic rings. The molecule has 0 atom stereocenters. The van der Waals surface area contributed by atoms with Crippen LogP contribution in [0.25, 0.3) is 0 Å². The van der Waals surface area contributed by atoms with Gasteiger partial charge in [-0.2, -0.15) is 4.98 Å². The van der Waals surface area contributed by atoms with E-state index < -0.39 is 0 Å². The monoisotopic (exact) mass is 366 g/mol. The van der Waals surface area contributed by atoms with E-state index in [0.29, 0.717) is 38.8 Å². The fraction of sp³-hybridized carbons (Fsp3) is 0.353. The number of halogens is 2. The molecule has 7 heteroatoms. The molecule has 0 fully saturated rings. The van der Waals surface area contributed by atoms with Crippen molar-refractivity contribution < 1.29 is 4.74 Å². The highest BCUT2D eigenvalue weighted by Crippen LogP contribution is 2.40. The molecule has 24 heavy (non-hydrogen) atoms. The predicted octanol–water partition coefficient (Wildman–Crippen LogP) is 4.83. The number of anilines is 3. The van der Waals surface area contributed by atoms with Crippen molar-refractivity contribution in [1.82, 2.24) is 9.97 Å². The quantitative estimate of drug-likeness (QED) is 0.839. The van der Waals surface area contributed by atoms with E-state index in [1.807, 2.05) is 25.7 Å². The number of ether oxygens (including phenoxy) is 1. The fourth-order valence-electron chi connectivity index (χ4n) is 2.32. The van der Waals surface area contributed by atoms with Gasteiger partial charge in [0.1, 0.15) is 16.6 Å². The number of rotatable bonds is 4. The second-order valence-corrected chi connectivity index (χ2v) is 6.98. The van der Waals surface area contributed by atoms with E-state index in [2.05, 4.69) is 15.3 Å². The zero-order valence-electron chi connectivity index (χ0n) is 14.3. The van der Waals surface area contributed by atoms with E-state index in [1.165, 1.54) is 0 Å². The maximum atomic E-state index is 6.44. The molecule has 1 N–H and O–H groups in total. The van der Waals surface area contributed by atoms with Gasteiger partial charge < -0.3 is 15.0 Å². The van der Waals surface area contributed by atoms with Crippen molar-refractivity contribution in [3.63, 3.8) is 0 Å². The molecule has 0 bridgehead atoms. The lowest BCUT2D eigenvalue weighted by atomic mass is 10.0. The number of aromatic nitrogens is 2. The number of nitrogens with one attached hydrogen (secondary N) is 1. The number of hydrogen-bond donors (Lipinski definition) is 1. The zero-order chi connectivity index (χ0) is 18.1. The minimum absolute atomic E-state index is 0.358. The summed E-state index contributed by atoms with van der Waals surface area (Å²) in [6.07, 6.45) is 1.55. The van der Waals surface area contributed by atoms with Crippen molar-refractivity contribution in [1.29, 1.82) is 0 Å². The molecule has 1 aromatic carbocycles. The van der Waals surface area contributed by atoms with Gasteiger partial charge in [-0.3, -0.25) is 0 Å². The minimum Gasteiger partial charge on any atom is -0.496 e. The third-order valence-electron chi connectivity index (χ3n) is 3.38. The molecule has 0 saturated carbocycles. The summed E-state index contributed by atoms with van der Waals surface area (Å²) in [5, 5.41) is 3.87. The maximum absolute atomic E-state index is 6.44. The molecule has 0 unspecified atom stereocenters. The number of methoxy groups -OCH3 is 1. The van der Waals surface area contributed by atoms with Crippen LogP contribution in [0.5, 0.6) is 5.75 Å². The lowest BCUT2D eigenvalue weighted by Crippen LogP contribution is -2.39. The van der Waals surface area contributed by atoms with Gasteiger partial charge >= 0.3 is 0 Å². The van der Waals surface area contributed by atoms with Gasteiger partial charge in [0.2, 0.25) is 5.95 Å². The molecule has 1 heterocycles. The second kappa shape index (κ2) is 7.03. The SMILES string of the molecule is [CH]c1cc(Cl)c(N(c2ncc(Cl)c(NC)n2)C(C)(C)C)cc1OC. The molecule has 128 valence electrons. The first-order chi connectivity index (χ1) is 11.2. The lowest BCUT2D eigenvalue weighted by Gasteiger charge is -2.36. The molecular formula is C17H20Cl2N4O. The van der Waals surface area contributed by atoms with Gasteiger partial charge in [0.15, 0.2) is 0 Å². The zero-order valence-corrected chi connectivity index (χ0v) is 15.8. The summed E-state index contributed by atoms with van der Waals surface area (Å²) in [5.74, 6) is 1.53. The van der Waals surface area contributed by atoms with Crippen LogP contribution in [0.2, 0.25) is 10.0 Å². The van der Waals surface area contributed by atoms with Gasteiger partial charge in [-0.1, -0.05) is 23.2 Å². The Kier molecular flexibility index (Phi) is 5.45. The summed E-state index contributed by atoms with van der Waals surface area (Å²) in [7, 11) is 3.31. The van der Waals surface area contributed by atoms with Crippen LogP contribution in [0.1, 0.15) is 26.3 Å². The highest BCUT2D eigenvalue weighted by Gasteiger charge is 2.29. The summed E-state index contributed by atoms with van der Waals surface area (Å²) in [6, 6.07) is 3.43. The van der Waals surface area contributed by atoms with E-state index in [4.69, 9.17) is 34.9 Å². The Morgan fingerprint density at radius 3 is 2.42 bits per heavy atom. The van der Waals surface area contributed by atoms with Crippen molar-refractivity contribution in [3.8, 4) is 5.75 Å². The first kappa shape index (κ1) is 18.6. The second-order valence-electron chi connectivity index (χ2n) is 6.17. The Morgan fingerprint density at radius 2 is 1.88 bits per heavy atom. The van der Waals surface area contributed by atoms with Crippen LogP contribution in [0.4, 0.5) is 17.5 Å². The van der Waals surface area contributed by atoms with Gasteiger partial charge in [-0.25, -0.2) is 4.98 Å². The third kappa shape index (κ3) is 3.68. The summed E-state index contributed by atoms with van der Waals surface area (Å²) < 4.78 is 5.32. The Balaban J connectivity index is 2.67. The average molecular weight is 367 g/mol. The molecule has 0 saturated heterocycles. The third-order valence-corrected chi connectivity index (χ3v) is 3.96. The Labute approximate surface area is 153 Å². The summed E-state index contributed by atoms with van der Waals surface area (Å²) in [6.45, 7) is 12.0. The minimum atomic E-state index is -0.358. The summed E-state index contributed by atoms with van der Waals surface area (Å²) in [4.78, 5) is 10.8. The number of benzene rings is 1. The maximum Gasteiger partial charge on any atom is 0.232 e. The van der Waals surface area contributed by atoms with Crippen LogP contribution in [0.15, 0.2) is 18.3 Å². The lowest BCUT2D eigenvalue weighted by molar-refractivity contribution is 0.412. The smallest absolute Gasteiger partial charge is 0.232 e. The molecule has 2 rings (SSSR count). The van der Waals surface area contributed by atoms with E-state index in [1.54, 1.807) is 32.5 Å². The number of hydrogen-bond acceptors (Lipinski definition) is 5. The molecule has 5 nitrogen and oxygen atoms in total. The van der Waals surface area contributed by atoms with E-state index in [9.17, 15) is 0 Å². The topological polar surface area (TPSA) is 50.3 Å². The van der Waals surface area contributed by atoms with Crippen molar-refractivity contribution in [2.45, 2.75) is 26.3 Å². The predicted molar refractivity (Wildman–Crippen MR) is 99.9 cm³/mol. The van der Waals surface area contributed by atoms with Gasteiger partial charge in [-0.15, -0.1) is 0 Å². The molecule has 0 aliphatic rings. The summed E-state index contributed by atoms with van der Waals surface area (Å²) in [5.41, 5.74) is 0.802. The van der Waals surface area contributed by atoms with Crippen LogP contribution in [-0.4, -0.2) is 29.7 Å². The molecule has 0 amide bonds. The van der Waals surface area contributed by atoms with Crippen LogP contribution >= 0.6 is 23.2 Å². The molecule has 1 aromatic heterocycles. The van der Waals surface area contributed by atoms with E-state index in [0.717, 1.165) is 0 Å².